The number of carbonyl (C=O) groups excluding carboxylic acids is 2. The number of carbonyl (C=O) groups is 2. The molecule has 1 aliphatic rings. The largest absolute Gasteiger partial charge is 0.337 e. The van der Waals surface area contributed by atoms with Crippen LogP contribution in [-0.2, 0) is 4.79 Å². The van der Waals surface area contributed by atoms with Crippen molar-refractivity contribution >= 4 is 35.2 Å². The monoisotopic (exact) mass is 413 g/mol. The highest BCUT2D eigenvalue weighted by Crippen LogP contribution is 2.20. The standard InChI is InChI=1S/C21H20ClN3O4/c22-18-7-3-2-6-16(18)14-19(21(27)24-12-4-1-5-13-24)23-20(26)15-8-10-17(11-9-15)25(28)29/h2-3,6-11,14H,1,4-5,12-13H2,(H,23,26)/b19-14+. The fourth-order valence-electron chi connectivity index (χ4n) is 3.10. The quantitative estimate of drug-likeness (QED) is 0.455. The van der Waals surface area contributed by atoms with Crippen LogP contribution in [0.1, 0.15) is 35.2 Å². The van der Waals surface area contributed by atoms with Crippen molar-refractivity contribution in [2.45, 2.75) is 19.3 Å². The molecule has 0 spiro atoms. The summed E-state index contributed by atoms with van der Waals surface area (Å²) in [4.78, 5) is 37.7. The molecule has 1 N–H and O–H groups in total. The average molecular weight is 414 g/mol. The molecule has 7 nitrogen and oxygen atoms in total. The van der Waals surface area contributed by atoms with Gasteiger partial charge in [-0.05, 0) is 49.1 Å². The van der Waals surface area contributed by atoms with Gasteiger partial charge in [0.15, 0.2) is 0 Å². The second-order valence-electron chi connectivity index (χ2n) is 6.69. The number of nitrogens with zero attached hydrogens (tertiary/aromatic N) is 2. The van der Waals surface area contributed by atoms with E-state index >= 15 is 0 Å². The van der Waals surface area contributed by atoms with Crippen LogP contribution in [0.2, 0.25) is 5.02 Å². The van der Waals surface area contributed by atoms with Gasteiger partial charge in [0.25, 0.3) is 17.5 Å². The van der Waals surface area contributed by atoms with Crippen molar-refractivity contribution in [1.29, 1.82) is 0 Å². The zero-order valence-electron chi connectivity index (χ0n) is 15.6. The zero-order valence-corrected chi connectivity index (χ0v) is 16.4. The second kappa shape index (κ2) is 9.34. The Labute approximate surface area is 173 Å². The molecule has 0 bridgehead atoms. The number of halogens is 1. The first-order valence-electron chi connectivity index (χ1n) is 9.27. The van der Waals surface area contributed by atoms with Gasteiger partial charge in [-0.2, -0.15) is 0 Å². The molecule has 1 fully saturated rings. The summed E-state index contributed by atoms with van der Waals surface area (Å²) in [6.07, 6.45) is 4.47. The van der Waals surface area contributed by atoms with Crippen LogP contribution in [0, 0.1) is 10.1 Å². The maximum Gasteiger partial charge on any atom is 0.270 e. The molecule has 8 heteroatoms. The van der Waals surface area contributed by atoms with Crippen LogP contribution in [0.5, 0.6) is 0 Å². The van der Waals surface area contributed by atoms with Gasteiger partial charge >= 0.3 is 0 Å². The van der Waals surface area contributed by atoms with Gasteiger partial charge in [0.05, 0.1) is 4.92 Å². The van der Waals surface area contributed by atoms with Gasteiger partial charge < -0.3 is 10.2 Å². The molecule has 1 saturated heterocycles. The summed E-state index contributed by atoms with van der Waals surface area (Å²) in [6.45, 7) is 1.26. The first-order valence-corrected chi connectivity index (χ1v) is 9.65. The number of nitro benzene ring substituents is 1. The Morgan fingerprint density at radius 3 is 2.31 bits per heavy atom. The first kappa shape index (κ1) is 20.5. The van der Waals surface area contributed by atoms with E-state index in [1.54, 1.807) is 35.2 Å². The van der Waals surface area contributed by atoms with Gasteiger partial charge in [0, 0.05) is 35.8 Å². The smallest absolute Gasteiger partial charge is 0.270 e. The van der Waals surface area contributed by atoms with Gasteiger partial charge in [-0.1, -0.05) is 29.8 Å². The summed E-state index contributed by atoms with van der Waals surface area (Å²) in [7, 11) is 0. The highest BCUT2D eigenvalue weighted by atomic mass is 35.5. The number of hydrogen-bond acceptors (Lipinski definition) is 4. The van der Waals surface area contributed by atoms with Crippen molar-refractivity contribution in [1.82, 2.24) is 10.2 Å². The molecule has 3 rings (SSSR count). The van der Waals surface area contributed by atoms with Crippen molar-refractivity contribution in [3.05, 3.63) is 80.5 Å². The number of hydrogen-bond donors (Lipinski definition) is 1. The summed E-state index contributed by atoms with van der Waals surface area (Å²) in [5.74, 6) is -0.802. The Bertz CT molecular complexity index is 951. The third kappa shape index (κ3) is 5.20. The Hall–Kier alpha value is -3.19. The van der Waals surface area contributed by atoms with Crippen molar-refractivity contribution in [2.75, 3.05) is 13.1 Å². The number of likely N-dealkylation sites (tertiary alicyclic amines) is 1. The molecule has 2 amide bonds. The topological polar surface area (TPSA) is 92.6 Å². The Morgan fingerprint density at radius 2 is 1.69 bits per heavy atom. The minimum Gasteiger partial charge on any atom is -0.337 e. The van der Waals surface area contributed by atoms with Crippen molar-refractivity contribution in [3.63, 3.8) is 0 Å². The van der Waals surface area contributed by atoms with Gasteiger partial charge in [0.2, 0.25) is 0 Å². The normalized spacial score (nSPS) is 14.4. The number of nitro groups is 1. The summed E-state index contributed by atoms with van der Waals surface area (Å²) in [6, 6.07) is 12.2. The number of nitrogens with one attached hydrogen (secondary N) is 1. The first-order chi connectivity index (χ1) is 14.0. The molecular formula is C21H20ClN3O4. The lowest BCUT2D eigenvalue weighted by atomic mass is 10.1. The molecule has 0 atom stereocenters. The number of non-ortho nitro benzene ring substituents is 1. The van der Waals surface area contributed by atoms with Crippen LogP contribution < -0.4 is 5.32 Å². The molecule has 2 aromatic carbocycles. The van der Waals surface area contributed by atoms with Gasteiger partial charge in [-0.15, -0.1) is 0 Å². The van der Waals surface area contributed by atoms with E-state index in [1.165, 1.54) is 24.3 Å². The molecule has 1 heterocycles. The second-order valence-corrected chi connectivity index (χ2v) is 7.10. The minimum atomic E-state index is -0.537. The van der Waals surface area contributed by atoms with E-state index in [0.717, 1.165) is 19.3 Å². The number of rotatable bonds is 5. The zero-order chi connectivity index (χ0) is 20.8. The van der Waals surface area contributed by atoms with Gasteiger partial charge in [-0.25, -0.2) is 0 Å². The minimum absolute atomic E-state index is 0.113. The van der Waals surface area contributed by atoms with Crippen molar-refractivity contribution in [2.24, 2.45) is 0 Å². The van der Waals surface area contributed by atoms with Crippen LogP contribution >= 0.6 is 11.6 Å². The van der Waals surface area contributed by atoms with E-state index < -0.39 is 10.8 Å². The van der Waals surface area contributed by atoms with Crippen LogP contribution in [-0.4, -0.2) is 34.7 Å². The summed E-state index contributed by atoms with van der Waals surface area (Å²) in [5, 5.41) is 13.9. The number of piperidine rings is 1. The Morgan fingerprint density at radius 1 is 1.03 bits per heavy atom. The van der Waals surface area contributed by atoms with E-state index in [2.05, 4.69) is 5.32 Å². The summed E-state index contributed by atoms with van der Waals surface area (Å²) >= 11 is 6.21. The molecule has 1 aliphatic heterocycles. The highest BCUT2D eigenvalue weighted by Gasteiger charge is 2.23. The lowest BCUT2D eigenvalue weighted by Gasteiger charge is -2.27. The molecule has 0 saturated carbocycles. The van der Waals surface area contributed by atoms with E-state index in [4.69, 9.17) is 11.6 Å². The fourth-order valence-corrected chi connectivity index (χ4v) is 3.29. The third-order valence-corrected chi connectivity index (χ3v) is 5.01. The molecule has 0 aromatic heterocycles. The van der Waals surface area contributed by atoms with E-state index in [0.29, 0.717) is 23.7 Å². The van der Waals surface area contributed by atoms with Gasteiger partial charge in [-0.3, -0.25) is 19.7 Å². The highest BCUT2D eigenvalue weighted by molar-refractivity contribution is 6.32. The molecule has 29 heavy (non-hydrogen) atoms. The van der Waals surface area contributed by atoms with E-state index in [9.17, 15) is 19.7 Å². The van der Waals surface area contributed by atoms with Crippen LogP contribution in [0.4, 0.5) is 5.69 Å². The molecule has 0 aliphatic carbocycles. The Balaban J connectivity index is 1.88. The molecular weight excluding hydrogens is 394 g/mol. The lowest BCUT2D eigenvalue weighted by molar-refractivity contribution is -0.384. The molecule has 2 aromatic rings. The average Bonchev–Trinajstić information content (AvgIpc) is 2.75. The van der Waals surface area contributed by atoms with Crippen LogP contribution in [0.25, 0.3) is 6.08 Å². The predicted molar refractivity (Wildman–Crippen MR) is 110 cm³/mol. The van der Waals surface area contributed by atoms with Gasteiger partial charge in [0.1, 0.15) is 5.70 Å². The number of benzene rings is 2. The maximum atomic E-state index is 13.0. The van der Waals surface area contributed by atoms with E-state index in [-0.39, 0.29) is 22.9 Å². The third-order valence-electron chi connectivity index (χ3n) is 4.67. The number of amides is 2. The van der Waals surface area contributed by atoms with E-state index in [1.807, 2.05) is 0 Å². The summed E-state index contributed by atoms with van der Waals surface area (Å²) < 4.78 is 0. The van der Waals surface area contributed by atoms with Crippen molar-refractivity contribution in [3.8, 4) is 0 Å². The molecule has 0 radical (unpaired) electrons. The fraction of sp³-hybridized carbons (Fsp3) is 0.238. The van der Waals surface area contributed by atoms with Crippen LogP contribution in [0.3, 0.4) is 0 Å². The van der Waals surface area contributed by atoms with Crippen LogP contribution in [0.15, 0.2) is 54.2 Å². The maximum absolute atomic E-state index is 13.0. The lowest BCUT2D eigenvalue weighted by Crippen LogP contribution is -2.41. The molecule has 0 unspecified atom stereocenters. The predicted octanol–water partition coefficient (Wildman–Crippen LogP) is 4.03. The Kier molecular flexibility index (Phi) is 6.61. The molecule has 150 valence electrons. The SMILES string of the molecule is O=C(N/C(=C/c1ccccc1Cl)C(=O)N1CCCCC1)c1ccc([N+](=O)[O-])cc1. The van der Waals surface area contributed by atoms with Crippen molar-refractivity contribution < 1.29 is 14.5 Å². The summed E-state index contributed by atoms with van der Waals surface area (Å²) in [5.41, 5.74) is 0.826.